The second kappa shape index (κ2) is 6.48. The molecule has 2 aromatic carbocycles. The molecule has 7 heteroatoms. The van der Waals surface area contributed by atoms with E-state index in [2.05, 4.69) is 0 Å². The zero-order valence-corrected chi connectivity index (χ0v) is 15.1. The molecule has 3 rings (SSSR count). The first-order chi connectivity index (χ1) is 11.4. The normalized spacial score (nSPS) is 20.7. The highest BCUT2D eigenvalue weighted by Crippen LogP contribution is 2.51. The van der Waals surface area contributed by atoms with Crippen LogP contribution < -0.4 is 4.90 Å². The topological polar surface area (TPSA) is 60.8 Å². The number of anilines is 1. The molecule has 0 spiro atoms. The average Bonchev–Trinajstić information content (AvgIpc) is 2.85. The summed E-state index contributed by atoms with van der Waals surface area (Å²) in [4.78, 5) is 13.3. The molecule has 0 saturated carbocycles. The molecule has 4 nitrogen and oxygen atoms in total. The van der Waals surface area contributed by atoms with Gasteiger partial charge in [0.05, 0.1) is 12.4 Å². The zero-order chi connectivity index (χ0) is 17.5. The number of hydrogen-bond acceptors (Lipinski definition) is 4. The van der Waals surface area contributed by atoms with Crippen molar-refractivity contribution in [3.63, 3.8) is 0 Å². The van der Waals surface area contributed by atoms with Crippen molar-refractivity contribution in [1.82, 2.24) is 0 Å². The number of hydrogen-bond donors (Lipinski definition) is 2. The maximum atomic E-state index is 12.5. The Kier molecular flexibility index (Phi) is 4.71. The summed E-state index contributed by atoms with van der Waals surface area (Å²) >= 11 is 13.6. The smallest absolute Gasteiger partial charge is 0.238 e. The Morgan fingerprint density at radius 3 is 2.67 bits per heavy atom. The molecule has 1 unspecified atom stereocenters. The predicted molar refractivity (Wildman–Crippen MR) is 97.8 cm³/mol. The Balaban J connectivity index is 2.18. The van der Waals surface area contributed by atoms with E-state index >= 15 is 0 Å². The monoisotopic (exact) mass is 383 g/mol. The molecule has 24 heavy (non-hydrogen) atoms. The van der Waals surface area contributed by atoms with E-state index < -0.39 is 4.87 Å². The number of carbonyl (C=O) groups is 1. The number of amides is 1. The van der Waals surface area contributed by atoms with Crippen LogP contribution in [0.2, 0.25) is 10.0 Å². The fourth-order valence-corrected chi connectivity index (χ4v) is 4.51. The minimum absolute atomic E-state index is 0.0568. The second-order valence-electron chi connectivity index (χ2n) is 5.60. The first-order valence-electron chi connectivity index (χ1n) is 7.22. The van der Waals surface area contributed by atoms with Crippen molar-refractivity contribution in [2.24, 2.45) is 0 Å². The lowest BCUT2D eigenvalue weighted by atomic mass is 10.0. The van der Waals surface area contributed by atoms with Crippen LogP contribution in [0.1, 0.15) is 18.1 Å². The average molecular weight is 384 g/mol. The predicted octanol–water partition coefficient (Wildman–Crippen LogP) is 4.14. The van der Waals surface area contributed by atoms with Gasteiger partial charge in [0.25, 0.3) is 0 Å². The lowest BCUT2D eigenvalue weighted by Crippen LogP contribution is -2.40. The SMILES string of the molecule is CC1(c2cc(Cl)cc(CO)c2O)SCC(=O)N1c1cccc(Cl)c1. The molecule has 1 saturated heterocycles. The highest BCUT2D eigenvalue weighted by molar-refractivity contribution is 8.01. The number of thioether (sulfide) groups is 1. The number of rotatable bonds is 3. The van der Waals surface area contributed by atoms with E-state index in [1.165, 1.54) is 17.8 Å². The van der Waals surface area contributed by atoms with Crippen LogP contribution in [0.3, 0.4) is 0 Å². The van der Waals surface area contributed by atoms with Gasteiger partial charge in [0, 0.05) is 26.9 Å². The summed E-state index contributed by atoms with van der Waals surface area (Å²) < 4.78 is 0. The van der Waals surface area contributed by atoms with Crippen LogP contribution in [-0.2, 0) is 16.3 Å². The molecule has 126 valence electrons. The largest absolute Gasteiger partial charge is 0.507 e. The van der Waals surface area contributed by atoms with Gasteiger partial charge in [0.1, 0.15) is 10.6 Å². The third-order valence-electron chi connectivity index (χ3n) is 4.04. The van der Waals surface area contributed by atoms with Gasteiger partial charge in [-0.1, -0.05) is 29.3 Å². The van der Waals surface area contributed by atoms with Crippen molar-refractivity contribution in [3.05, 3.63) is 57.6 Å². The van der Waals surface area contributed by atoms with Crippen LogP contribution in [-0.4, -0.2) is 21.9 Å². The molecule has 1 heterocycles. The van der Waals surface area contributed by atoms with E-state index in [4.69, 9.17) is 23.2 Å². The van der Waals surface area contributed by atoms with E-state index in [9.17, 15) is 15.0 Å². The highest BCUT2D eigenvalue weighted by atomic mass is 35.5. The number of aliphatic hydroxyl groups is 1. The fourth-order valence-electron chi connectivity index (χ4n) is 2.90. The fraction of sp³-hybridized carbons (Fsp3) is 0.235. The summed E-state index contributed by atoms with van der Waals surface area (Å²) in [7, 11) is 0. The zero-order valence-electron chi connectivity index (χ0n) is 12.8. The number of halogens is 2. The van der Waals surface area contributed by atoms with E-state index in [1.54, 1.807) is 35.2 Å². The van der Waals surface area contributed by atoms with Crippen LogP contribution in [0, 0.1) is 0 Å². The molecule has 0 radical (unpaired) electrons. The molecule has 1 amide bonds. The first-order valence-corrected chi connectivity index (χ1v) is 8.96. The molecule has 1 atom stereocenters. The van der Waals surface area contributed by atoms with Gasteiger partial charge < -0.3 is 10.2 Å². The van der Waals surface area contributed by atoms with Crippen LogP contribution in [0.25, 0.3) is 0 Å². The molecule has 1 fully saturated rings. The number of benzene rings is 2. The Morgan fingerprint density at radius 2 is 2.00 bits per heavy atom. The third kappa shape index (κ3) is 2.86. The van der Waals surface area contributed by atoms with E-state index in [1.807, 2.05) is 6.92 Å². The number of aliphatic hydroxyl groups excluding tert-OH is 1. The minimum atomic E-state index is -0.860. The van der Waals surface area contributed by atoms with Crippen LogP contribution >= 0.6 is 35.0 Å². The summed E-state index contributed by atoms with van der Waals surface area (Å²) in [6, 6.07) is 10.1. The van der Waals surface area contributed by atoms with E-state index in [0.29, 0.717) is 26.9 Å². The standard InChI is InChI=1S/C17H15Cl2NO3S/c1-17(14-7-12(19)5-10(8-21)16(14)23)20(15(22)9-24-17)13-4-2-3-11(18)6-13/h2-7,21,23H,8-9H2,1H3. The van der Waals surface area contributed by atoms with Gasteiger partial charge in [0.15, 0.2) is 0 Å². The van der Waals surface area contributed by atoms with Crippen LogP contribution in [0.4, 0.5) is 5.69 Å². The summed E-state index contributed by atoms with van der Waals surface area (Å²) in [5, 5.41) is 20.9. The summed E-state index contributed by atoms with van der Waals surface area (Å²) in [5.41, 5.74) is 1.45. The van der Waals surface area contributed by atoms with Crippen LogP contribution in [0.5, 0.6) is 5.75 Å². The Morgan fingerprint density at radius 1 is 1.25 bits per heavy atom. The van der Waals surface area contributed by atoms with Crippen molar-refractivity contribution in [3.8, 4) is 5.75 Å². The second-order valence-corrected chi connectivity index (χ2v) is 7.84. The van der Waals surface area contributed by atoms with Gasteiger partial charge in [-0.05, 0) is 37.3 Å². The molecule has 2 aromatic rings. The number of carbonyl (C=O) groups excluding carboxylic acids is 1. The molecule has 1 aliphatic heterocycles. The molecular formula is C17H15Cl2NO3S. The van der Waals surface area contributed by atoms with Gasteiger partial charge in [0.2, 0.25) is 5.91 Å². The quantitative estimate of drug-likeness (QED) is 0.835. The van der Waals surface area contributed by atoms with Gasteiger partial charge >= 0.3 is 0 Å². The third-order valence-corrected chi connectivity index (χ3v) is 5.85. The minimum Gasteiger partial charge on any atom is -0.507 e. The maximum absolute atomic E-state index is 12.5. The molecular weight excluding hydrogens is 369 g/mol. The Labute approximate surface area is 154 Å². The summed E-state index contributed by atoms with van der Waals surface area (Å²) in [6.07, 6.45) is 0. The number of nitrogens with zero attached hydrogens (tertiary/aromatic N) is 1. The molecule has 0 bridgehead atoms. The molecule has 0 aliphatic carbocycles. The summed E-state index contributed by atoms with van der Waals surface area (Å²) in [5.74, 6) is 0.122. The maximum Gasteiger partial charge on any atom is 0.238 e. The summed E-state index contributed by atoms with van der Waals surface area (Å²) in [6.45, 7) is 1.50. The van der Waals surface area contributed by atoms with Crippen molar-refractivity contribution < 1.29 is 15.0 Å². The van der Waals surface area contributed by atoms with Crippen LogP contribution in [0.15, 0.2) is 36.4 Å². The van der Waals surface area contributed by atoms with Gasteiger partial charge in [-0.15, -0.1) is 11.8 Å². The van der Waals surface area contributed by atoms with Gasteiger partial charge in [-0.25, -0.2) is 0 Å². The molecule has 1 aliphatic rings. The Bertz CT molecular complexity index is 814. The first kappa shape index (κ1) is 17.4. The van der Waals surface area contributed by atoms with Gasteiger partial charge in [-0.2, -0.15) is 0 Å². The van der Waals surface area contributed by atoms with Crippen molar-refractivity contribution in [2.75, 3.05) is 10.7 Å². The van der Waals surface area contributed by atoms with Crippen molar-refractivity contribution >= 4 is 46.6 Å². The van der Waals surface area contributed by atoms with E-state index in [-0.39, 0.29) is 24.0 Å². The number of phenols is 1. The number of aromatic hydroxyl groups is 1. The van der Waals surface area contributed by atoms with Crippen molar-refractivity contribution in [1.29, 1.82) is 0 Å². The van der Waals surface area contributed by atoms with E-state index in [0.717, 1.165) is 0 Å². The van der Waals surface area contributed by atoms with Gasteiger partial charge in [-0.3, -0.25) is 9.69 Å². The van der Waals surface area contributed by atoms with Crippen molar-refractivity contribution in [2.45, 2.75) is 18.4 Å². The highest BCUT2D eigenvalue weighted by Gasteiger charge is 2.46. The molecule has 2 N–H and O–H groups in total. The lowest BCUT2D eigenvalue weighted by Gasteiger charge is -2.35. The lowest BCUT2D eigenvalue weighted by molar-refractivity contribution is -0.116. The molecule has 0 aromatic heterocycles. The Hall–Kier alpha value is -1.40.